The summed E-state index contributed by atoms with van der Waals surface area (Å²) in [4.78, 5) is 23.8. The number of hydrogen-bond acceptors (Lipinski definition) is 3. The van der Waals surface area contributed by atoms with Crippen LogP contribution in [0.1, 0.15) is 26.3 Å². The average Bonchev–Trinajstić information content (AvgIpc) is 2.53. The van der Waals surface area contributed by atoms with Crippen LogP contribution in [0.15, 0.2) is 42.5 Å². The van der Waals surface area contributed by atoms with E-state index in [4.69, 9.17) is 16.3 Å². The summed E-state index contributed by atoms with van der Waals surface area (Å²) in [6, 6.07) is 7.89. The van der Waals surface area contributed by atoms with Crippen molar-refractivity contribution >= 4 is 23.5 Å². The van der Waals surface area contributed by atoms with Gasteiger partial charge in [-0.15, -0.1) is 0 Å². The first-order valence-corrected chi connectivity index (χ1v) is 7.01. The fourth-order valence-electron chi connectivity index (χ4n) is 1.85. The van der Waals surface area contributed by atoms with Crippen LogP contribution in [0.25, 0.3) is 0 Å². The molecule has 0 saturated heterocycles. The Bertz CT molecular complexity index is 773. The minimum atomic E-state index is -4.64. The summed E-state index contributed by atoms with van der Waals surface area (Å²) in [6.07, 6.45) is -4.64. The molecule has 1 amide bonds. The average molecular weight is 358 g/mol. The molecule has 4 nitrogen and oxygen atoms in total. The van der Waals surface area contributed by atoms with Crippen LogP contribution in [0, 0.1) is 0 Å². The smallest absolute Gasteiger partial charge is 0.416 e. The van der Waals surface area contributed by atoms with Crippen LogP contribution in [0.4, 0.5) is 13.2 Å². The highest BCUT2D eigenvalue weighted by atomic mass is 35.5. The highest BCUT2D eigenvalue weighted by molar-refractivity contribution is 6.30. The van der Waals surface area contributed by atoms with Crippen LogP contribution in [0.2, 0.25) is 5.02 Å². The third-order valence-corrected chi connectivity index (χ3v) is 3.32. The van der Waals surface area contributed by atoms with Gasteiger partial charge in [0.25, 0.3) is 5.91 Å². The zero-order valence-electron chi connectivity index (χ0n) is 12.3. The van der Waals surface area contributed by atoms with Crippen molar-refractivity contribution < 1.29 is 27.5 Å². The molecule has 0 saturated carbocycles. The largest absolute Gasteiger partial charge is 0.422 e. The van der Waals surface area contributed by atoms with Crippen molar-refractivity contribution in [2.75, 3.05) is 7.05 Å². The lowest BCUT2D eigenvalue weighted by Crippen LogP contribution is -2.21. The Kier molecular flexibility index (Phi) is 5.14. The predicted molar refractivity (Wildman–Crippen MR) is 81.2 cm³/mol. The van der Waals surface area contributed by atoms with Gasteiger partial charge in [-0.1, -0.05) is 11.6 Å². The zero-order valence-corrected chi connectivity index (χ0v) is 13.0. The van der Waals surface area contributed by atoms with E-state index in [1.807, 2.05) is 0 Å². The maximum atomic E-state index is 12.8. The monoisotopic (exact) mass is 357 g/mol. The Balaban J connectivity index is 2.40. The molecule has 0 aliphatic rings. The van der Waals surface area contributed by atoms with E-state index in [1.165, 1.54) is 31.3 Å². The molecule has 2 aromatic rings. The number of alkyl halides is 3. The van der Waals surface area contributed by atoms with Gasteiger partial charge in [0.05, 0.1) is 16.7 Å². The number of esters is 1. The van der Waals surface area contributed by atoms with Gasteiger partial charge in [-0.05, 0) is 42.5 Å². The molecule has 0 atom stereocenters. The van der Waals surface area contributed by atoms with Crippen molar-refractivity contribution in [3.8, 4) is 5.75 Å². The Morgan fingerprint density at radius 1 is 1.08 bits per heavy atom. The summed E-state index contributed by atoms with van der Waals surface area (Å²) in [6.45, 7) is 0. The maximum absolute atomic E-state index is 12.8. The van der Waals surface area contributed by atoms with Crippen molar-refractivity contribution in [1.29, 1.82) is 0 Å². The second kappa shape index (κ2) is 6.92. The SMILES string of the molecule is CNC(=O)c1ccc(C(F)(F)F)cc1OC(=O)c1ccc(Cl)cc1. The molecule has 0 aromatic heterocycles. The summed E-state index contributed by atoms with van der Waals surface area (Å²) in [7, 11) is 1.31. The number of carbonyl (C=O) groups is 2. The van der Waals surface area contributed by atoms with Crippen molar-refractivity contribution in [1.82, 2.24) is 5.32 Å². The van der Waals surface area contributed by atoms with Crippen LogP contribution >= 0.6 is 11.6 Å². The van der Waals surface area contributed by atoms with E-state index >= 15 is 0 Å². The molecule has 24 heavy (non-hydrogen) atoms. The molecule has 0 spiro atoms. The number of ether oxygens (including phenoxy) is 1. The molecule has 1 N–H and O–H groups in total. The quantitative estimate of drug-likeness (QED) is 0.668. The van der Waals surface area contributed by atoms with Crippen LogP contribution in [-0.2, 0) is 6.18 Å². The molecule has 8 heteroatoms. The number of halogens is 4. The van der Waals surface area contributed by atoms with Gasteiger partial charge in [0, 0.05) is 12.1 Å². The third-order valence-electron chi connectivity index (χ3n) is 3.06. The van der Waals surface area contributed by atoms with E-state index < -0.39 is 29.4 Å². The first-order valence-electron chi connectivity index (χ1n) is 6.63. The standard InChI is InChI=1S/C16H11ClF3NO3/c1-21-14(22)12-7-4-10(16(18,19)20)8-13(12)24-15(23)9-2-5-11(17)6-3-9/h2-8H,1H3,(H,21,22). The summed E-state index contributed by atoms with van der Waals surface area (Å²) in [5.74, 6) is -2.07. The molecule has 2 rings (SSSR count). The fraction of sp³-hybridized carbons (Fsp3) is 0.125. The summed E-state index contributed by atoms with van der Waals surface area (Å²) in [5.41, 5.74) is -1.14. The van der Waals surface area contributed by atoms with Crippen LogP contribution in [0.3, 0.4) is 0 Å². The van der Waals surface area contributed by atoms with Crippen molar-refractivity contribution in [3.63, 3.8) is 0 Å². The Morgan fingerprint density at radius 2 is 1.71 bits per heavy atom. The van der Waals surface area contributed by atoms with Gasteiger partial charge >= 0.3 is 12.1 Å². The van der Waals surface area contributed by atoms with Crippen LogP contribution in [-0.4, -0.2) is 18.9 Å². The van der Waals surface area contributed by atoms with Gasteiger partial charge in [-0.2, -0.15) is 13.2 Å². The van der Waals surface area contributed by atoms with E-state index in [0.29, 0.717) is 11.1 Å². The number of amides is 1. The molecule has 2 aromatic carbocycles. The number of benzene rings is 2. The molecular formula is C16H11ClF3NO3. The van der Waals surface area contributed by atoms with Gasteiger partial charge in [-0.25, -0.2) is 4.79 Å². The van der Waals surface area contributed by atoms with Crippen LogP contribution < -0.4 is 10.1 Å². The van der Waals surface area contributed by atoms with Gasteiger partial charge in [0.1, 0.15) is 5.75 Å². The van der Waals surface area contributed by atoms with Gasteiger partial charge in [0.2, 0.25) is 0 Å². The molecule has 0 fully saturated rings. The number of rotatable bonds is 3. The first-order chi connectivity index (χ1) is 11.2. The van der Waals surface area contributed by atoms with Crippen LogP contribution in [0.5, 0.6) is 5.75 Å². The number of nitrogens with one attached hydrogen (secondary N) is 1. The van der Waals surface area contributed by atoms with Gasteiger partial charge < -0.3 is 10.1 Å². The van der Waals surface area contributed by atoms with E-state index in [-0.39, 0.29) is 11.1 Å². The molecular weight excluding hydrogens is 347 g/mol. The number of carbonyl (C=O) groups excluding carboxylic acids is 2. The zero-order chi connectivity index (χ0) is 17.9. The summed E-state index contributed by atoms with van der Waals surface area (Å²) in [5, 5.41) is 2.66. The second-order valence-electron chi connectivity index (χ2n) is 4.68. The van der Waals surface area contributed by atoms with Crippen molar-refractivity contribution in [2.24, 2.45) is 0 Å². The second-order valence-corrected chi connectivity index (χ2v) is 5.12. The summed E-state index contributed by atoms with van der Waals surface area (Å²) < 4.78 is 43.5. The Morgan fingerprint density at radius 3 is 2.25 bits per heavy atom. The Labute approximate surface area is 140 Å². The number of hydrogen-bond donors (Lipinski definition) is 1. The van der Waals surface area contributed by atoms with E-state index in [0.717, 1.165) is 12.1 Å². The molecule has 0 aliphatic carbocycles. The molecule has 0 bridgehead atoms. The lowest BCUT2D eigenvalue weighted by atomic mass is 10.1. The predicted octanol–water partition coefficient (Wildman–Crippen LogP) is 3.94. The topological polar surface area (TPSA) is 55.4 Å². The highest BCUT2D eigenvalue weighted by Gasteiger charge is 2.32. The molecule has 0 unspecified atom stereocenters. The van der Waals surface area contributed by atoms with Crippen molar-refractivity contribution in [3.05, 3.63) is 64.2 Å². The minimum Gasteiger partial charge on any atom is -0.422 e. The summed E-state index contributed by atoms with van der Waals surface area (Å²) >= 11 is 5.70. The molecule has 0 heterocycles. The van der Waals surface area contributed by atoms with Crippen molar-refractivity contribution in [2.45, 2.75) is 6.18 Å². The lowest BCUT2D eigenvalue weighted by Gasteiger charge is -2.13. The molecule has 0 radical (unpaired) electrons. The molecule has 126 valence electrons. The third kappa shape index (κ3) is 4.05. The van der Waals surface area contributed by atoms with E-state index in [9.17, 15) is 22.8 Å². The highest BCUT2D eigenvalue weighted by Crippen LogP contribution is 2.33. The van der Waals surface area contributed by atoms with Gasteiger partial charge in [-0.3, -0.25) is 4.79 Å². The first kappa shape index (κ1) is 17.8. The van der Waals surface area contributed by atoms with E-state index in [2.05, 4.69) is 5.32 Å². The lowest BCUT2D eigenvalue weighted by molar-refractivity contribution is -0.137. The minimum absolute atomic E-state index is 0.0830. The maximum Gasteiger partial charge on any atom is 0.416 e. The molecule has 0 aliphatic heterocycles. The Hall–Kier alpha value is -2.54. The van der Waals surface area contributed by atoms with Gasteiger partial charge in [0.15, 0.2) is 0 Å². The fourth-order valence-corrected chi connectivity index (χ4v) is 1.98. The van der Waals surface area contributed by atoms with E-state index in [1.54, 1.807) is 0 Å². The normalized spacial score (nSPS) is 11.0.